The molecule has 1 fully saturated rings. The number of benzene rings is 3. The number of hydrogen-bond acceptors (Lipinski definition) is 4. The number of nitrogens with zero attached hydrogens (tertiary/aromatic N) is 3. The monoisotopic (exact) mass is 501 g/mol. The molecule has 0 radical (unpaired) electrons. The normalized spacial score (nSPS) is 16.3. The number of carbonyl (C=O) groups is 1. The molecule has 6 nitrogen and oxygen atoms in total. The smallest absolute Gasteiger partial charge is 0.407 e. The van der Waals surface area contributed by atoms with Crippen LogP contribution in [0.2, 0.25) is 0 Å². The first-order chi connectivity index (χ1) is 17.9. The molecule has 1 aliphatic heterocycles. The number of likely N-dealkylation sites (tertiary alicyclic amines) is 1. The second kappa shape index (κ2) is 12.3. The lowest BCUT2D eigenvalue weighted by Gasteiger charge is -2.46. The summed E-state index contributed by atoms with van der Waals surface area (Å²) in [6.07, 6.45) is 1.56. The number of piperidine rings is 1. The van der Waals surface area contributed by atoms with E-state index in [1.54, 1.807) is 7.05 Å². The molecule has 37 heavy (non-hydrogen) atoms. The quantitative estimate of drug-likeness (QED) is 0.377. The molecule has 0 aliphatic carbocycles. The van der Waals surface area contributed by atoms with E-state index in [-0.39, 0.29) is 11.6 Å². The predicted molar refractivity (Wildman–Crippen MR) is 148 cm³/mol. The highest BCUT2D eigenvalue weighted by molar-refractivity contribution is 5.64. The molecule has 1 atom stereocenters. The summed E-state index contributed by atoms with van der Waals surface area (Å²) in [6, 6.07) is 29.2. The maximum absolute atomic E-state index is 11.3. The van der Waals surface area contributed by atoms with Gasteiger partial charge in [0.1, 0.15) is 11.9 Å². The molecule has 1 saturated heterocycles. The van der Waals surface area contributed by atoms with E-state index < -0.39 is 6.09 Å². The highest BCUT2D eigenvalue weighted by atomic mass is 16.5. The summed E-state index contributed by atoms with van der Waals surface area (Å²) in [5.41, 5.74) is 3.66. The first kappa shape index (κ1) is 26.7. The highest BCUT2D eigenvalue weighted by Crippen LogP contribution is 2.38. The van der Waals surface area contributed by atoms with E-state index in [0.717, 1.165) is 49.4 Å². The van der Waals surface area contributed by atoms with E-state index in [0.29, 0.717) is 13.0 Å². The van der Waals surface area contributed by atoms with Crippen molar-refractivity contribution < 1.29 is 14.6 Å². The lowest BCUT2D eigenvalue weighted by Crippen LogP contribution is -2.50. The van der Waals surface area contributed by atoms with E-state index >= 15 is 0 Å². The third-order valence-electron chi connectivity index (χ3n) is 7.71. The minimum Gasteiger partial charge on any atom is -0.485 e. The van der Waals surface area contributed by atoms with Gasteiger partial charge >= 0.3 is 6.09 Å². The molecule has 1 unspecified atom stereocenters. The fourth-order valence-electron chi connectivity index (χ4n) is 5.34. The second-order valence-electron chi connectivity index (χ2n) is 10.2. The summed E-state index contributed by atoms with van der Waals surface area (Å²) in [7, 11) is 5.98. The maximum atomic E-state index is 11.3. The van der Waals surface area contributed by atoms with Gasteiger partial charge in [0.2, 0.25) is 0 Å². The first-order valence-electron chi connectivity index (χ1n) is 13.1. The topological polar surface area (TPSA) is 56.2 Å². The van der Waals surface area contributed by atoms with E-state index in [4.69, 9.17) is 4.74 Å². The number of para-hydroxylation sites is 1. The van der Waals surface area contributed by atoms with Gasteiger partial charge in [0, 0.05) is 50.7 Å². The fraction of sp³-hybridized carbons (Fsp3) is 0.387. The van der Waals surface area contributed by atoms with Crippen LogP contribution in [0.3, 0.4) is 0 Å². The van der Waals surface area contributed by atoms with Crippen molar-refractivity contribution in [2.45, 2.75) is 37.5 Å². The molecule has 1 heterocycles. The van der Waals surface area contributed by atoms with Gasteiger partial charge in [-0.3, -0.25) is 9.80 Å². The molecule has 196 valence electrons. The lowest BCUT2D eigenvalue weighted by atomic mass is 9.79. The van der Waals surface area contributed by atoms with Crippen molar-refractivity contribution in [3.8, 4) is 5.75 Å². The molecule has 0 aromatic heterocycles. The Hall–Kier alpha value is -3.35. The van der Waals surface area contributed by atoms with Crippen LogP contribution in [0.4, 0.5) is 4.79 Å². The molecule has 3 aromatic rings. The van der Waals surface area contributed by atoms with Crippen molar-refractivity contribution in [1.82, 2.24) is 14.7 Å². The predicted octanol–water partition coefficient (Wildman–Crippen LogP) is 5.86. The number of amides is 1. The van der Waals surface area contributed by atoms with Crippen molar-refractivity contribution in [2.75, 3.05) is 40.8 Å². The average Bonchev–Trinajstić information content (AvgIpc) is 2.93. The summed E-state index contributed by atoms with van der Waals surface area (Å²) >= 11 is 0. The molecule has 0 saturated carbocycles. The van der Waals surface area contributed by atoms with Gasteiger partial charge in [-0.2, -0.15) is 0 Å². The van der Waals surface area contributed by atoms with E-state index in [1.807, 2.05) is 42.5 Å². The second-order valence-corrected chi connectivity index (χ2v) is 10.2. The number of hydrogen-bond donors (Lipinski definition) is 1. The van der Waals surface area contributed by atoms with Crippen LogP contribution in [0.1, 0.15) is 42.1 Å². The summed E-state index contributed by atoms with van der Waals surface area (Å²) in [5, 5.41) is 9.30. The molecular weight excluding hydrogens is 462 g/mol. The SMILES string of the molecule is CN(CCC(Oc1ccccc1CN1CCC(c2ccccc2)(N(C)C)CC1)c1ccccc1)C(=O)O. The van der Waals surface area contributed by atoms with Gasteiger partial charge in [-0.1, -0.05) is 78.9 Å². The number of carboxylic acid groups (broad SMARTS) is 1. The molecule has 1 amide bonds. The Morgan fingerprint density at radius 1 is 0.919 bits per heavy atom. The van der Waals surface area contributed by atoms with Crippen LogP contribution >= 0.6 is 0 Å². The van der Waals surface area contributed by atoms with Crippen molar-refractivity contribution >= 4 is 6.09 Å². The Morgan fingerprint density at radius 3 is 2.14 bits per heavy atom. The molecule has 1 aliphatic rings. The Morgan fingerprint density at radius 2 is 1.51 bits per heavy atom. The molecule has 3 aromatic carbocycles. The molecule has 0 spiro atoms. The molecule has 0 bridgehead atoms. The van der Waals surface area contributed by atoms with Gasteiger partial charge < -0.3 is 14.7 Å². The van der Waals surface area contributed by atoms with Crippen molar-refractivity contribution in [3.63, 3.8) is 0 Å². The Labute approximate surface area is 221 Å². The van der Waals surface area contributed by atoms with Crippen LogP contribution in [0, 0.1) is 0 Å². The van der Waals surface area contributed by atoms with E-state index in [2.05, 4.69) is 66.4 Å². The third kappa shape index (κ3) is 6.51. The Kier molecular flexibility index (Phi) is 8.85. The molecule has 6 heteroatoms. The zero-order valence-electron chi connectivity index (χ0n) is 22.2. The van der Waals surface area contributed by atoms with Gasteiger partial charge in [-0.05, 0) is 44.1 Å². The minimum absolute atomic E-state index is 0.0579. The zero-order chi connectivity index (χ0) is 26.3. The Balaban J connectivity index is 1.47. The summed E-state index contributed by atoms with van der Waals surface area (Å²) in [5.74, 6) is 0.863. The maximum Gasteiger partial charge on any atom is 0.407 e. The van der Waals surface area contributed by atoms with Crippen molar-refractivity contribution in [2.24, 2.45) is 0 Å². The Bertz CT molecular complexity index is 1130. The van der Waals surface area contributed by atoms with Gasteiger partial charge in [-0.15, -0.1) is 0 Å². The summed E-state index contributed by atoms with van der Waals surface area (Å²) in [4.78, 5) is 17.5. The van der Waals surface area contributed by atoms with E-state index in [9.17, 15) is 9.90 Å². The van der Waals surface area contributed by atoms with Crippen LogP contribution in [-0.4, -0.2) is 66.7 Å². The van der Waals surface area contributed by atoms with Crippen LogP contribution in [-0.2, 0) is 12.1 Å². The van der Waals surface area contributed by atoms with Crippen molar-refractivity contribution in [3.05, 3.63) is 102 Å². The highest BCUT2D eigenvalue weighted by Gasteiger charge is 2.38. The summed E-state index contributed by atoms with van der Waals surface area (Å²) in [6.45, 7) is 3.24. The van der Waals surface area contributed by atoms with E-state index in [1.165, 1.54) is 10.5 Å². The van der Waals surface area contributed by atoms with Crippen LogP contribution in [0.15, 0.2) is 84.9 Å². The fourth-order valence-corrected chi connectivity index (χ4v) is 5.34. The lowest BCUT2D eigenvalue weighted by molar-refractivity contribution is 0.0500. The largest absolute Gasteiger partial charge is 0.485 e. The number of rotatable bonds is 10. The first-order valence-corrected chi connectivity index (χ1v) is 13.1. The summed E-state index contributed by atoms with van der Waals surface area (Å²) < 4.78 is 6.60. The van der Waals surface area contributed by atoms with Gasteiger partial charge in [-0.25, -0.2) is 4.79 Å². The van der Waals surface area contributed by atoms with Crippen LogP contribution in [0.25, 0.3) is 0 Å². The average molecular weight is 502 g/mol. The standard InChI is InChI=1S/C31H39N3O3/c1-32(2)31(27-15-8-5-9-16-27)19-22-34(23-20-31)24-26-14-10-11-17-28(26)37-29(18-21-33(3)30(35)36)25-12-6-4-7-13-25/h4-17,29H,18-24H2,1-3H3,(H,35,36). The van der Waals surface area contributed by atoms with Crippen LogP contribution in [0.5, 0.6) is 5.75 Å². The van der Waals surface area contributed by atoms with Gasteiger partial charge in [0.15, 0.2) is 0 Å². The van der Waals surface area contributed by atoms with Gasteiger partial charge in [0.05, 0.1) is 0 Å². The van der Waals surface area contributed by atoms with Crippen molar-refractivity contribution in [1.29, 1.82) is 0 Å². The molecule has 4 rings (SSSR count). The molecular formula is C31H39N3O3. The van der Waals surface area contributed by atoms with Crippen LogP contribution < -0.4 is 4.74 Å². The third-order valence-corrected chi connectivity index (χ3v) is 7.71. The number of ether oxygens (including phenoxy) is 1. The molecule has 1 N–H and O–H groups in total. The minimum atomic E-state index is -0.929. The zero-order valence-corrected chi connectivity index (χ0v) is 22.2. The van der Waals surface area contributed by atoms with Gasteiger partial charge in [0.25, 0.3) is 0 Å².